The molecular weight excluding hydrogens is 348 g/mol. The lowest BCUT2D eigenvalue weighted by molar-refractivity contribution is 0.107. The fraction of sp³-hybridized carbons (Fsp3) is 0.421. The standard InChI is InChI=1S/C19H24N4O2S/c1-2-14-26-17-7-4-3-6-16(17)22-19(24)23-12-8-15(9-13-23)25-18-20-10-5-11-21-18/h3-7,10-11,15H,2,8-9,12-14H2,1H3,(H,22,24). The number of likely N-dealkylation sites (tertiary alicyclic amines) is 1. The van der Waals surface area contributed by atoms with E-state index in [0.29, 0.717) is 19.1 Å². The lowest BCUT2D eigenvalue weighted by Gasteiger charge is -2.31. The molecule has 1 fully saturated rings. The molecule has 6 nitrogen and oxygen atoms in total. The zero-order chi connectivity index (χ0) is 18.2. The molecule has 2 aromatic rings. The highest BCUT2D eigenvalue weighted by Crippen LogP contribution is 2.28. The Kier molecular flexibility index (Phi) is 6.71. The van der Waals surface area contributed by atoms with Gasteiger partial charge in [0.15, 0.2) is 0 Å². The second kappa shape index (κ2) is 9.43. The maximum absolute atomic E-state index is 12.6. The smallest absolute Gasteiger partial charge is 0.321 e. The lowest BCUT2D eigenvalue weighted by Crippen LogP contribution is -2.43. The molecule has 0 atom stereocenters. The van der Waals surface area contributed by atoms with Gasteiger partial charge >= 0.3 is 12.0 Å². The number of rotatable bonds is 6. The number of piperidine rings is 1. The number of ether oxygens (including phenoxy) is 1. The average molecular weight is 372 g/mol. The number of aromatic nitrogens is 2. The normalized spacial score (nSPS) is 14.9. The number of carbonyl (C=O) groups excluding carboxylic acids is 1. The van der Waals surface area contributed by atoms with Gasteiger partial charge in [0.25, 0.3) is 0 Å². The molecule has 0 unspecified atom stereocenters. The Morgan fingerprint density at radius 3 is 2.69 bits per heavy atom. The van der Waals surface area contributed by atoms with Gasteiger partial charge in [0.1, 0.15) is 6.10 Å². The van der Waals surface area contributed by atoms with Gasteiger partial charge in [-0.15, -0.1) is 11.8 Å². The number of carbonyl (C=O) groups is 1. The van der Waals surface area contributed by atoms with E-state index in [9.17, 15) is 4.79 Å². The van der Waals surface area contributed by atoms with E-state index in [4.69, 9.17) is 4.74 Å². The van der Waals surface area contributed by atoms with E-state index in [-0.39, 0.29) is 12.1 Å². The highest BCUT2D eigenvalue weighted by molar-refractivity contribution is 7.99. The van der Waals surface area contributed by atoms with Crippen LogP contribution in [0.5, 0.6) is 6.01 Å². The molecule has 2 amide bonds. The SMILES string of the molecule is CCCSc1ccccc1NC(=O)N1CCC(Oc2ncccn2)CC1. The van der Waals surface area contributed by atoms with Crippen molar-refractivity contribution in [2.45, 2.75) is 37.2 Å². The van der Waals surface area contributed by atoms with Gasteiger partial charge in [-0.1, -0.05) is 19.1 Å². The van der Waals surface area contributed by atoms with Crippen molar-refractivity contribution in [2.75, 3.05) is 24.2 Å². The summed E-state index contributed by atoms with van der Waals surface area (Å²) in [6.45, 7) is 3.47. The monoisotopic (exact) mass is 372 g/mol. The number of urea groups is 1. The molecule has 1 aromatic heterocycles. The third-order valence-electron chi connectivity index (χ3n) is 4.13. The summed E-state index contributed by atoms with van der Waals surface area (Å²) in [5.74, 6) is 1.04. The molecule has 1 aliphatic heterocycles. The number of hydrogen-bond acceptors (Lipinski definition) is 5. The van der Waals surface area contributed by atoms with Gasteiger partial charge in [0.2, 0.25) is 0 Å². The summed E-state index contributed by atoms with van der Waals surface area (Å²) >= 11 is 1.77. The second-order valence-electron chi connectivity index (χ2n) is 6.11. The molecule has 26 heavy (non-hydrogen) atoms. The summed E-state index contributed by atoms with van der Waals surface area (Å²) in [5, 5.41) is 3.05. The number of anilines is 1. The molecule has 1 saturated heterocycles. The van der Waals surface area contributed by atoms with Crippen LogP contribution in [0.2, 0.25) is 0 Å². The van der Waals surface area contributed by atoms with Gasteiger partial charge in [-0.2, -0.15) is 0 Å². The molecular formula is C19H24N4O2S. The Balaban J connectivity index is 1.51. The van der Waals surface area contributed by atoms with E-state index in [1.54, 1.807) is 30.2 Å². The largest absolute Gasteiger partial charge is 0.460 e. The maximum Gasteiger partial charge on any atom is 0.321 e. The molecule has 7 heteroatoms. The number of amides is 2. The zero-order valence-corrected chi connectivity index (χ0v) is 15.7. The molecule has 0 spiro atoms. The molecule has 3 rings (SSSR count). The maximum atomic E-state index is 12.6. The first-order chi connectivity index (χ1) is 12.8. The minimum atomic E-state index is -0.0519. The Labute approximate surface area is 158 Å². The molecule has 0 bridgehead atoms. The van der Waals surface area contributed by atoms with Crippen LogP contribution in [0.3, 0.4) is 0 Å². The van der Waals surface area contributed by atoms with Crippen LogP contribution in [0.1, 0.15) is 26.2 Å². The van der Waals surface area contributed by atoms with Crippen LogP contribution in [-0.2, 0) is 0 Å². The van der Waals surface area contributed by atoms with Crippen LogP contribution >= 0.6 is 11.8 Å². The number of nitrogens with one attached hydrogen (secondary N) is 1. The predicted molar refractivity (Wildman–Crippen MR) is 104 cm³/mol. The van der Waals surface area contributed by atoms with Crippen molar-refractivity contribution < 1.29 is 9.53 Å². The Morgan fingerprint density at radius 2 is 1.96 bits per heavy atom. The van der Waals surface area contributed by atoms with Crippen LogP contribution in [0, 0.1) is 0 Å². The first-order valence-electron chi connectivity index (χ1n) is 8.97. The van der Waals surface area contributed by atoms with Crippen molar-refractivity contribution in [1.82, 2.24) is 14.9 Å². The minimum absolute atomic E-state index is 0.0499. The summed E-state index contributed by atoms with van der Waals surface area (Å²) in [4.78, 5) is 23.7. The van der Waals surface area contributed by atoms with Crippen molar-refractivity contribution in [2.24, 2.45) is 0 Å². The molecule has 1 aliphatic rings. The van der Waals surface area contributed by atoms with Gasteiger partial charge in [-0.3, -0.25) is 0 Å². The molecule has 1 N–H and O–H groups in total. The highest BCUT2D eigenvalue weighted by Gasteiger charge is 2.24. The predicted octanol–water partition coefficient (Wildman–Crippen LogP) is 4.05. The molecule has 0 radical (unpaired) electrons. The van der Waals surface area contributed by atoms with Crippen LogP contribution in [0.4, 0.5) is 10.5 Å². The Bertz CT molecular complexity index is 706. The molecule has 1 aromatic carbocycles. The number of hydrogen-bond donors (Lipinski definition) is 1. The highest BCUT2D eigenvalue weighted by atomic mass is 32.2. The van der Waals surface area contributed by atoms with Crippen LogP contribution in [0.15, 0.2) is 47.6 Å². The fourth-order valence-electron chi connectivity index (χ4n) is 2.77. The summed E-state index contributed by atoms with van der Waals surface area (Å²) < 4.78 is 5.78. The topological polar surface area (TPSA) is 67.4 Å². The first-order valence-corrected chi connectivity index (χ1v) is 9.96. The van der Waals surface area contributed by atoms with E-state index in [0.717, 1.165) is 35.6 Å². The quantitative estimate of drug-likeness (QED) is 0.775. The third-order valence-corrected chi connectivity index (χ3v) is 5.41. The van der Waals surface area contributed by atoms with Gasteiger partial charge in [-0.05, 0) is 30.4 Å². The molecule has 0 saturated carbocycles. The number of para-hydroxylation sites is 1. The van der Waals surface area contributed by atoms with Crippen LogP contribution < -0.4 is 10.1 Å². The number of nitrogens with zero attached hydrogens (tertiary/aromatic N) is 3. The van der Waals surface area contributed by atoms with Gasteiger partial charge in [0, 0.05) is 43.2 Å². The van der Waals surface area contributed by atoms with E-state index in [1.807, 2.05) is 23.1 Å². The number of benzene rings is 1. The summed E-state index contributed by atoms with van der Waals surface area (Å²) in [5.41, 5.74) is 0.881. The van der Waals surface area contributed by atoms with Crippen molar-refractivity contribution in [3.63, 3.8) is 0 Å². The van der Waals surface area contributed by atoms with Crippen molar-refractivity contribution in [1.29, 1.82) is 0 Å². The first kappa shape index (κ1) is 18.5. The van der Waals surface area contributed by atoms with Gasteiger partial charge in [0.05, 0.1) is 5.69 Å². The molecule has 138 valence electrons. The van der Waals surface area contributed by atoms with E-state index in [2.05, 4.69) is 28.3 Å². The third kappa shape index (κ3) is 5.11. The summed E-state index contributed by atoms with van der Waals surface area (Å²) in [7, 11) is 0. The van der Waals surface area contributed by atoms with Crippen LogP contribution in [0.25, 0.3) is 0 Å². The lowest BCUT2D eigenvalue weighted by atomic mass is 10.1. The van der Waals surface area contributed by atoms with Gasteiger partial charge < -0.3 is 15.0 Å². The number of thioether (sulfide) groups is 1. The summed E-state index contributed by atoms with van der Waals surface area (Å²) in [6.07, 6.45) is 6.04. The average Bonchev–Trinajstić information content (AvgIpc) is 2.68. The van der Waals surface area contributed by atoms with E-state index >= 15 is 0 Å². The molecule has 2 heterocycles. The van der Waals surface area contributed by atoms with E-state index in [1.165, 1.54) is 0 Å². The molecule has 0 aliphatic carbocycles. The Morgan fingerprint density at radius 1 is 1.23 bits per heavy atom. The van der Waals surface area contributed by atoms with E-state index < -0.39 is 0 Å². The van der Waals surface area contributed by atoms with Crippen LogP contribution in [-0.4, -0.2) is 45.8 Å². The van der Waals surface area contributed by atoms with Crippen molar-refractivity contribution in [3.05, 3.63) is 42.7 Å². The zero-order valence-electron chi connectivity index (χ0n) is 14.9. The second-order valence-corrected chi connectivity index (χ2v) is 7.25. The van der Waals surface area contributed by atoms with Crippen molar-refractivity contribution in [3.8, 4) is 6.01 Å². The van der Waals surface area contributed by atoms with Gasteiger partial charge in [-0.25, -0.2) is 14.8 Å². The summed E-state index contributed by atoms with van der Waals surface area (Å²) in [6, 6.07) is 10.1. The fourth-order valence-corrected chi connectivity index (χ4v) is 3.65. The Hall–Kier alpha value is -2.28. The minimum Gasteiger partial charge on any atom is -0.460 e. The van der Waals surface area contributed by atoms with Crippen molar-refractivity contribution >= 4 is 23.5 Å².